The van der Waals surface area contributed by atoms with Crippen molar-refractivity contribution in [1.29, 1.82) is 0 Å². The number of aryl methyl sites for hydroxylation is 1. The predicted molar refractivity (Wildman–Crippen MR) is 111 cm³/mol. The maximum atomic E-state index is 12.1. The van der Waals surface area contributed by atoms with Crippen LogP contribution in [0.4, 0.5) is 0 Å². The van der Waals surface area contributed by atoms with Gasteiger partial charge in [-0.2, -0.15) is 0 Å². The highest BCUT2D eigenvalue weighted by Crippen LogP contribution is 2.13. The molecule has 2 aromatic rings. The van der Waals surface area contributed by atoms with E-state index in [4.69, 9.17) is 4.74 Å². The van der Waals surface area contributed by atoms with Crippen LogP contribution in [0.2, 0.25) is 0 Å². The Morgan fingerprint density at radius 1 is 0.929 bits per heavy atom. The summed E-state index contributed by atoms with van der Waals surface area (Å²) in [5.41, 5.74) is 2.07. The third kappa shape index (κ3) is 10.1. The lowest BCUT2D eigenvalue weighted by Crippen LogP contribution is -3.00. The fourth-order valence-corrected chi connectivity index (χ4v) is 2.75. The summed E-state index contributed by atoms with van der Waals surface area (Å²) >= 11 is 0. The molecule has 0 saturated carbocycles. The van der Waals surface area contributed by atoms with Crippen LogP contribution in [0.1, 0.15) is 35.2 Å². The molecule has 0 bridgehead atoms. The molecule has 0 fully saturated rings. The number of nitrogens with one attached hydrogen (secondary N) is 1. The molecule has 0 aliphatic rings. The molecule has 0 spiro atoms. The molecule has 0 unspecified atom stereocenters. The van der Waals surface area contributed by atoms with Crippen molar-refractivity contribution in [3.63, 3.8) is 0 Å². The highest BCUT2D eigenvalue weighted by molar-refractivity contribution is 5.94. The van der Waals surface area contributed by atoms with Crippen LogP contribution in [0.5, 0.6) is 5.75 Å². The molecule has 0 aliphatic carbocycles. The summed E-state index contributed by atoms with van der Waals surface area (Å²) in [7, 11) is 6.33. The third-order valence-electron chi connectivity index (χ3n) is 4.41. The summed E-state index contributed by atoms with van der Waals surface area (Å²) in [5.74, 6) is 0.789. The van der Waals surface area contributed by atoms with E-state index in [1.165, 1.54) is 12.0 Å². The summed E-state index contributed by atoms with van der Waals surface area (Å²) in [6.07, 6.45) is 4.50. The van der Waals surface area contributed by atoms with Crippen LogP contribution < -0.4 is 34.0 Å². The van der Waals surface area contributed by atoms with Gasteiger partial charge in [-0.25, -0.2) is 0 Å². The van der Waals surface area contributed by atoms with E-state index in [0.29, 0.717) is 18.7 Å². The molecule has 0 radical (unpaired) electrons. The van der Waals surface area contributed by atoms with Crippen LogP contribution >= 0.6 is 0 Å². The van der Waals surface area contributed by atoms with Crippen molar-refractivity contribution in [2.24, 2.45) is 0 Å². The number of halogens is 1. The van der Waals surface area contributed by atoms with Gasteiger partial charge in [0.25, 0.3) is 5.91 Å². The first-order valence-electron chi connectivity index (χ1n) is 9.79. The monoisotopic (exact) mass is 496 g/mol. The number of hydrogen-bond donors (Lipinski definition) is 1. The second kappa shape index (κ2) is 12.8. The summed E-state index contributed by atoms with van der Waals surface area (Å²) in [6, 6.07) is 18.0. The highest BCUT2D eigenvalue weighted by Gasteiger charge is 2.09. The maximum absolute atomic E-state index is 12.1. The van der Waals surface area contributed by atoms with Crippen molar-refractivity contribution in [1.82, 2.24) is 5.32 Å². The zero-order chi connectivity index (χ0) is 19.5. The van der Waals surface area contributed by atoms with Gasteiger partial charge in [0.05, 0.1) is 40.8 Å². The summed E-state index contributed by atoms with van der Waals surface area (Å²) in [6.45, 7) is 2.28. The van der Waals surface area contributed by atoms with E-state index in [0.717, 1.165) is 36.0 Å². The summed E-state index contributed by atoms with van der Waals surface area (Å²) in [5, 5.41) is 2.96. The first-order chi connectivity index (χ1) is 12.9. The summed E-state index contributed by atoms with van der Waals surface area (Å²) < 4.78 is 6.62. The number of likely N-dealkylation sites (N-methyl/N-ethyl adjacent to an activating group) is 1. The van der Waals surface area contributed by atoms with Crippen LogP contribution in [-0.2, 0) is 6.42 Å². The number of amides is 1. The van der Waals surface area contributed by atoms with E-state index in [9.17, 15) is 4.79 Å². The Labute approximate surface area is 186 Å². The molecule has 1 N–H and O–H groups in total. The first kappa shape index (κ1) is 24.4. The minimum absolute atomic E-state index is 0. The minimum Gasteiger partial charge on any atom is -1.00 e. The molecule has 4 nitrogen and oxygen atoms in total. The van der Waals surface area contributed by atoms with E-state index >= 15 is 0 Å². The number of hydrogen-bond acceptors (Lipinski definition) is 2. The average Bonchev–Trinajstić information content (AvgIpc) is 2.65. The van der Waals surface area contributed by atoms with Crippen LogP contribution in [0.3, 0.4) is 0 Å². The quantitative estimate of drug-likeness (QED) is 0.286. The second-order valence-electron chi connectivity index (χ2n) is 7.94. The molecular weight excluding hydrogens is 463 g/mol. The number of ether oxygens (including phenoxy) is 1. The molecule has 0 aliphatic heterocycles. The zero-order valence-electron chi connectivity index (χ0n) is 17.3. The van der Waals surface area contributed by atoms with Gasteiger partial charge in [-0.15, -0.1) is 0 Å². The standard InChI is InChI=1S/C23H32N2O2.HI/c1-25(2,3)18-17-24-23(26)21-13-15-22(16-14-21)27-19-9-5-8-12-20-10-6-4-7-11-20;/h4,6-7,10-11,13-16H,5,8-9,12,17-19H2,1-3H3;1H. The van der Waals surface area contributed by atoms with Crippen LogP contribution in [0, 0.1) is 0 Å². The Kier molecular flexibility index (Phi) is 11.2. The molecule has 5 heteroatoms. The molecule has 1 amide bonds. The fourth-order valence-electron chi connectivity index (χ4n) is 2.75. The Hall–Kier alpha value is -1.60. The van der Waals surface area contributed by atoms with E-state index in [2.05, 4.69) is 56.8 Å². The van der Waals surface area contributed by atoms with Gasteiger partial charge in [-0.05, 0) is 55.5 Å². The number of rotatable bonds is 11. The lowest BCUT2D eigenvalue weighted by Gasteiger charge is -2.23. The third-order valence-corrected chi connectivity index (χ3v) is 4.41. The van der Waals surface area contributed by atoms with Crippen molar-refractivity contribution in [2.45, 2.75) is 25.7 Å². The highest BCUT2D eigenvalue weighted by atomic mass is 127. The fraction of sp³-hybridized carbons (Fsp3) is 0.435. The molecule has 0 heterocycles. The molecule has 0 atom stereocenters. The predicted octanol–water partition coefficient (Wildman–Crippen LogP) is 0.918. The van der Waals surface area contributed by atoms with Crippen LogP contribution in [-0.4, -0.2) is 51.2 Å². The minimum atomic E-state index is -0.0316. The van der Waals surface area contributed by atoms with Gasteiger partial charge >= 0.3 is 0 Å². The number of nitrogens with zero attached hydrogens (tertiary/aromatic N) is 1. The smallest absolute Gasteiger partial charge is 0.251 e. The Bertz CT molecular complexity index is 682. The van der Waals surface area contributed by atoms with E-state index in [1.54, 1.807) is 0 Å². The van der Waals surface area contributed by atoms with Crippen molar-refractivity contribution in [2.75, 3.05) is 40.8 Å². The van der Waals surface area contributed by atoms with Gasteiger partial charge in [0, 0.05) is 5.56 Å². The molecule has 28 heavy (non-hydrogen) atoms. The van der Waals surface area contributed by atoms with Gasteiger partial charge < -0.3 is 38.5 Å². The van der Waals surface area contributed by atoms with Crippen molar-refractivity contribution >= 4 is 5.91 Å². The number of unbranched alkanes of at least 4 members (excludes halogenated alkanes) is 2. The number of carbonyl (C=O) groups excluding carboxylic acids is 1. The van der Waals surface area contributed by atoms with Gasteiger partial charge in [0.2, 0.25) is 0 Å². The lowest BCUT2D eigenvalue weighted by atomic mass is 10.1. The average molecular weight is 496 g/mol. The van der Waals surface area contributed by atoms with Gasteiger partial charge in [-0.3, -0.25) is 4.79 Å². The Morgan fingerprint density at radius 2 is 1.61 bits per heavy atom. The maximum Gasteiger partial charge on any atom is 0.251 e. The largest absolute Gasteiger partial charge is 1.00 e. The zero-order valence-corrected chi connectivity index (χ0v) is 19.4. The SMILES string of the molecule is C[N+](C)(C)CCNC(=O)c1ccc(OCCCCCc2ccccc2)cc1.[I-]. The first-order valence-corrected chi connectivity index (χ1v) is 9.79. The van der Waals surface area contributed by atoms with Crippen molar-refractivity contribution < 1.29 is 38.0 Å². The molecule has 2 aromatic carbocycles. The van der Waals surface area contributed by atoms with Gasteiger partial charge in [-0.1, -0.05) is 30.3 Å². The van der Waals surface area contributed by atoms with Crippen molar-refractivity contribution in [3.8, 4) is 5.75 Å². The molecular formula is C23H33IN2O2. The molecule has 0 saturated heterocycles. The molecule has 0 aromatic heterocycles. The van der Waals surface area contributed by atoms with Crippen molar-refractivity contribution in [3.05, 3.63) is 65.7 Å². The second-order valence-corrected chi connectivity index (χ2v) is 7.94. The topological polar surface area (TPSA) is 38.3 Å². The lowest BCUT2D eigenvalue weighted by molar-refractivity contribution is -0.869. The van der Waals surface area contributed by atoms with Gasteiger partial charge in [0.1, 0.15) is 5.75 Å². The van der Waals surface area contributed by atoms with Crippen LogP contribution in [0.15, 0.2) is 54.6 Å². The van der Waals surface area contributed by atoms with Gasteiger partial charge in [0.15, 0.2) is 0 Å². The molecule has 154 valence electrons. The normalized spacial score (nSPS) is 10.8. The van der Waals surface area contributed by atoms with E-state index in [-0.39, 0.29) is 29.9 Å². The number of carbonyl (C=O) groups is 1. The number of quaternary nitrogens is 1. The number of benzene rings is 2. The molecule has 2 rings (SSSR count). The Morgan fingerprint density at radius 3 is 2.25 bits per heavy atom. The Balaban J connectivity index is 0.00000392. The van der Waals surface area contributed by atoms with E-state index in [1.807, 2.05) is 24.3 Å². The van der Waals surface area contributed by atoms with Crippen LogP contribution in [0.25, 0.3) is 0 Å². The van der Waals surface area contributed by atoms with E-state index < -0.39 is 0 Å². The summed E-state index contributed by atoms with van der Waals surface area (Å²) in [4.78, 5) is 12.1.